The molecule has 1 aromatic rings. The molecule has 1 aliphatic rings. The number of hydrogen-bond acceptors (Lipinski definition) is 4. The molecule has 0 saturated carbocycles. The van der Waals surface area contributed by atoms with Crippen LogP contribution in [0.3, 0.4) is 0 Å². The molecular formula is C15H21NO3. The van der Waals surface area contributed by atoms with Crippen LogP contribution in [0.25, 0.3) is 0 Å². The largest absolute Gasteiger partial charge is 0.468 e. The maximum atomic E-state index is 11.5. The molecule has 0 aliphatic carbocycles. The molecule has 0 spiro atoms. The lowest BCUT2D eigenvalue weighted by molar-refractivity contribution is -0.143. The first-order chi connectivity index (χ1) is 9.29. The van der Waals surface area contributed by atoms with E-state index >= 15 is 0 Å². The molecule has 1 fully saturated rings. The Bertz CT molecular complexity index is 394. The van der Waals surface area contributed by atoms with E-state index in [1.165, 1.54) is 12.7 Å². The van der Waals surface area contributed by atoms with Crippen LogP contribution in [-0.2, 0) is 20.9 Å². The Balaban J connectivity index is 1.78. The van der Waals surface area contributed by atoms with E-state index in [9.17, 15) is 4.79 Å². The highest BCUT2D eigenvalue weighted by atomic mass is 16.5. The van der Waals surface area contributed by atoms with Gasteiger partial charge in [-0.25, -0.2) is 0 Å². The summed E-state index contributed by atoms with van der Waals surface area (Å²) < 4.78 is 10.7. The lowest BCUT2D eigenvalue weighted by atomic mass is 10.1. The third kappa shape index (κ3) is 4.33. The van der Waals surface area contributed by atoms with Crippen LogP contribution in [0.15, 0.2) is 30.3 Å². The third-order valence-electron chi connectivity index (χ3n) is 3.45. The van der Waals surface area contributed by atoms with E-state index in [0.29, 0.717) is 6.61 Å². The summed E-state index contributed by atoms with van der Waals surface area (Å²) in [5, 5.41) is 3.21. The highest BCUT2D eigenvalue weighted by molar-refractivity contribution is 5.75. The number of methoxy groups -OCH3 is 1. The molecule has 1 aliphatic heterocycles. The molecular weight excluding hydrogens is 242 g/mol. The molecule has 104 valence electrons. The van der Waals surface area contributed by atoms with E-state index in [2.05, 4.69) is 17.4 Å². The van der Waals surface area contributed by atoms with Gasteiger partial charge in [-0.2, -0.15) is 0 Å². The molecule has 1 saturated heterocycles. The van der Waals surface area contributed by atoms with E-state index < -0.39 is 0 Å². The number of carbonyl (C=O) groups excluding carboxylic acids is 1. The zero-order chi connectivity index (χ0) is 13.5. The first-order valence-electron chi connectivity index (χ1n) is 6.76. The second kappa shape index (κ2) is 7.26. The molecule has 19 heavy (non-hydrogen) atoms. The van der Waals surface area contributed by atoms with E-state index in [4.69, 9.17) is 9.47 Å². The predicted octanol–water partition coefficient (Wildman–Crippen LogP) is 1.89. The minimum atomic E-state index is -0.185. The monoisotopic (exact) mass is 263 g/mol. The summed E-state index contributed by atoms with van der Waals surface area (Å²) in [5.74, 6) is -0.177. The van der Waals surface area contributed by atoms with Crippen molar-refractivity contribution in [3.05, 3.63) is 35.9 Å². The van der Waals surface area contributed by atoms with E-state index in [1.807, 2.05) is 18.2 Å². The molecule has 4 nitrogen and oxygen atoms in total. The van der Waals surface area contributed by atoms with Crippen LogP contribution >= 0.6 is 0 Å². The van der Waals surface area contributed by atoms with Crippen LogP contribution in [0.2, 0.25) is 0 Å². The van der Waals surface area contributed by atoms with Gasteiger partial charge in [-0.15, -0.1) is 0 Å². The topological polar surface area (TPSA) is 47.6 Å². The molecule has 0 aromatic heterocycles. The highest BCUT2D eigenvalue weighted by Crippen LogP contribution is 2.15. The zero-order valence-electron chi connectivity index (χ0n) is 11.3. The van der Waals surface area contributed by atoms with Crippen LogP contribution in [0.5, 0.6) is 0 Å². The summed E-state index contributed by atoms with van der Waals surface area (Å²) in [6, 6.07) is 9.97. The van der Waals surface area contributed by atoms with Gasteiger partial charge in [0.1, 0.15) is 6.04 Å². The van der Waals surface area contributed by atoms with Crippen LogP contribution in [0.4, 0.5) is 0 Å². The van der Waals surface area contributed by atoms with Gasteiger partial charge < -0.3 is 14.8 Å². The van der Waals surface area contributed by atoms with Crippen molar-refractivity contribution in [2.24, 2.45) is 0 Å². The van der Waals surface area contributed by atoms with Crippen molar-refractivity contribution in [3.63, 3.8) is 0 Å². The van der Waals surface area contributed by atoms with Gasteiger partial charge in [-0.05, 0) is 31.4 Å². The van der Waals surface area contributed by atoms with Gasteiger partial charge in [0.15, 0.2) is 0 Å². The Hall–Kier alpha value is -1.39. The number of ether oxygens (including phenoxy) is 2. The molecule has 2 atom stereocenters. The van der Waals surface area contributed by atoms with Crippen LogP contribution in [-0.4, -0.2) is 31.8 Å². The average Bonchev–Trinajstić information content (AvgIpc) is 2.71. The molecule has 0 radical (unpaired) electrons. The number of nitrogens with one attached hydrogen (secondary N) is 1. The van der Waals surface area contributed by atoms with Crippen molar-refractivity contribution < 1.29 is 14.3 Å². The highest BCUT2D eigenvalue weighted by Gasteiger charge is 2.24. The van der Waals surface area contributed by atoms with Gasteiger partial charge in [-0.1, -0.05) is 30.3 Å². The van der Waals surface area contributed by atoms with Gasteiger partial charge in [0.2, 0.25) is 0 Å². The van der Waals surface area contributed by atoms with Gasteiger partial charge >= 0.3 is 5.97 Å². The summed E-state index contributed by atoms with van der Waals surface area (Å²) in [5.41, 5.74) is 1.18. The SMILES string of the molecule is COC(=O)C1CCC(OCc2ccccc2)CCN1. The quantitative estimate of drug-likeness (QED) is 0.843. The van der Waals surface area contributed by atoms with Crippen LogP contribution in [0, 0.1) is 0 Å². The number of carbonyl (C=O) groups is 1. The Labute approximate surface area is 114 Å². The van der Waals surface area contributed by atoms with Gasteiger partial charge in [0.05, 0.1) is 19.8 Å². The summed E-state index contributed by atoms with van der Waals surface area (Å²) >= 11 is 0. The molecule has 0 bridgehead atoms. The lowest BCUT2D eigenvalue weighted by Crippen LogP contribution is -2.36. The summed E-state index contributed by atoms with van der Waals surface area (Å²) in [7, 11) is 1.43. The maximum absolute atomic E-state index is 11.5. The zero-order valence-corrected chi connectivity index (χ0v) is 11.3. The Morgan fingerprint density at radius 2 is 2.05 bits per heavy atom. The van der Waals surface area contributed by atoms with Crippen molar-refractivity contribution in [1.29, 1.82) is 0 Å². The fraction of sp³-hybridized carbons (Fsp3) is 0.533. The Morgan fingerprint density at radius 1 is 1.26 bits per heavy atom. The number of esters is 1. The van der Waals surface area contributed by atoms with Crippen LogP contribution in [0.1, 0.15) is 24.8 Å². The van der Waals surface area contributed by atoms with Gasteiger partial charge in [0, 0.05) is 0 Å². The van der Waals surface area contributed by atoms with Crippen molar-refractivity contribution >= 4 is 5.97 Å². The van der Waals surface area contributed by atoms with Crippen molar-refractivity contribution in [2.75, 3.05) is 13.7 Å². The molecule has 1 aromatic carbocycles. The minimum absolute atomic E-state index is 0.177. The van der Waals surface area contributed by atoms with Crippen molar-refractivity contribution in [2.45, 2.75) is 38.0 Å². The standard InChI is InChI=1S/C15H21NO3/c1-18-15(17)14-8-7-13(9-10-16-14)19-11-12-5-3-2-4-6-12/h2-6,13-14,16H,7-11H2,1H3. The Kier molecular flexibility index (Phi) is 5.36. The first-order valence-corrected chi connectivity index (χ1v) is 6.76. The second-order valence-corrected chi connectivity index (χ2v) is 4.81. The van der Waals surface area contributed by atoms with Gasteiger partial charge in [0.25, 0.3) is 0 Å². The second-order valence-electron chi connectivity index (χ2n) is 4.81. The molecule has 2 rings (SSSR count). The third-order valence-corrected chi connectivity index (χ3v) is 3.45. The fourth-order valence-electron chi connectivity index (χ4n) is 2.32. The predicted molar refractivity (Wildman–Crippen MR) is 72.7 cm³/mol. The number of rotatable bonds is 4. The molecule has 1 N–H and O–H groups in total. The number of hydrogen-bond donors (Lipinski definition) is 1. The smallest absolute Gasteiger partial charge is 0.322 e. The van der Waals surface area contributed by atoms with Crippen LogP contribution < -0.4 is 5.32 Å². The Morgan fingerprint density at radius 3 is 2.79 bits per heavy atom. The molecule has 4 heteroatoms. The summed E-state index contributed by atoms with van der Waals surface area (Å²) in [4.78, 5) is 11.5. The fourth-order valence-corrected chi connectivity index (χ4v) is 2.32. The van der Waals surface area contributed by atoms with E-state index in [-0.39, 0.29) is 18.1 Å². The van der Waals surface area contributed by atoms with Gasteiger partial charge in [-0.3, -0.25) is 4.79 Å². The molecule has 2 unspecified atom stereocenters. The normalized spacial score (nSPS) is 23.6. The van der Waals surface area contributed by atoms with Crippen molar-refractivity contribution in [3.8, 4) is 0 Å². The maximum Gasteiger partial charge on any atom is 0.322 e. The average molecular weight is 263 g/mol. The molecule has 1 heterocycles. The van der Waals surface area contributed by atoms with E-state index in [1.54, 1.807) is 0 Å². The number of benzene rings is 1. The molecule has 0 amide bonds. The minimum Gasteiger partial charge on any atom is -0.468 e. The van der Waals surface area contributed by atoms with E-state index in [0.717, 1.165) is 25.8 Å². The lowest BCUT2D eigenvalue weighted by Gasteiger charge is -2.15. The first kappa shape index (κ1) is 14.0. The van der Waals surface area contributed by atoms with Crippen molar-refractivity contribution in [1.82, 2.24) is 5.32 Å². The summed E-state index contributed by atoms with van der Waals surface area (Å²) in [6.45, 7) is 1.42. The summed E-state index contributed by atoms with van der Waals surface area (Å²) in [6.07, 6.45) is 2.80.